The Kier molecular flexibility index (Phi) is 5.55. The summed E-state index contributed by atoms with van der Waals surface area (Å²) in [6.07, 6.45) is 16.0. The molecule has 2 aliphatic rings. The Morgan fingerprint density at radius 2 is 1.33 bits per heavy atom. The fraction of sp³-hybridized carbons (Fsp3) is 0.500. The molecule has 0 bridgehead atoms. The van der Waals surface area contributed by atoms with Crippen LogP contribution in [0.4, 0.5) is 5.69 Å². The van der Waals surface area contributed by atoms with Gasteiger partial charge in [-0.2, -0.15) is 0 Å². The molecule has 24 heavy (non-hydrogen) atoms. The molecule has 0 radical (unpaired) electrons. The summed E-state index contributed by atoms with van der Waals surface area (Å²) >= 11 is 0. The van der Waals surface area contributed by atoms with E-state index in [9.17, 15) is 4.79 Å². The van der Waals surface area contributed by atoms with Crippen LogP contribution >= 0.6 is 0 Å². The van der Waals surface area contributed by atoms with Gasteiger partial charge in [-0.05, 0) is 87.5 Å². The molecule has 0 heterocycles. The lowest BCUT2D eigenvalue weighted by molar-refractivity contribution is -0.117. The molecular weight excluding hydrogens is 294 g/mol. The number of amides is 1. The summed E-state index contributed by atoms with van der Waals surface area (Å²) in [6.45, 7) is 4.15. The third kappa shape index (κ3) is 4.37. The second-order valence-electron chi connectivity index (χ2n) is 7.39. The molecule has 0 spiro atoms. The second-order valence-corrected chi connectivity index (χ2v) is 7.39. The number of rotatable bonds is 2. The first-order valence-electron chi connectivity index (χ1n) is 9.34. The van der Waals surface area contributed by atoms with E-state index in [1.807, 2.05) is 0 Å². The van der Waals surface area contributed by atoms with Gasteiger partial charge in [-0.3, -0.25) is 4.79 Å². The van der Waals surface area contributed by atoms with E-state index in [4.69, 9.17) is 0 Å². The van der Waals surface area contributed by atoms with Gasteiger partial charge in [0, 0.05) is 11.6 Å². The van der Waals surface area contributed by atoms with E-state index in [1.165, 1.54) is 11.1 Å². The van der Waals surface area contributed by atoms with Gasteiger partial charge in [0.25, 0.3) is 0 Å². The maximum atomic E-state index is 12.7. The maximum absolute atomic E-state index is 12.7. The van der Waals surface area contributed by atoms with Crippen LogP contribution in [0.25, 0.3) is 0 Å². The van der Waals surface area contributed by atoms with Gasteiger partial charge in [0.15, 0.2) is 0 Å². The van der Waals surface area contributed by atoms with Crippen LogP contribution < -0.4 is 5.32 Å². The smallest absolute Gasteiger partial charge is 0.228 e. The number of carbonyl (C=O) groups is 1. The van der Waals surface area contributed by atoms with Crippen molar-refractivity contribution in [2.75, 3.05) is 5.32 Å². The minimum absolute atomic E-state index is 0.202. The Morgan fingerprint density at radius 3 is 1.88 bits per heavy atom. The lowest BCUT2D eigenvalue weighted by Gasteiger charge is -2.07. The first-order valence-corrected chi connectivity index (χ1v) is 9.34. The molecule has 2 nitrogen and oxygen atoms in total. The fourth-order valence-corrected chi connectivity index (χ4v) is 4.13. The van der Waals surface area contributed by atoms with Crippen molar-refractivity contribution in [1.29, 1.82) is 0 Å². The van der Waals surface area contributed by atoms with Crippen molar-refractivity contribution in [2.24, 2.45) is 17.8 Å². The normalized spacial score (nSPS) is 29.5. The molecule has 0 aliphatic heterocycles. The Bertz CT molecular complexity index is 599. The van der Waals surface area contributed by atoms with Crippen molar-refractivity contribution >= 4 is 11.6 Å². The van der Waals surface area contributed by atoms with Crippen LogP contribution in [0.5, 0.6) is 0 Å². The molecule has 3 rings (SSSR count). The number of allylic oxidation sites excluding steroid dienone is 4. The molecule has 1 fully saturated rings. The molecule has 2 heteroatoms. The van der Waals surface area contributed by atoms with Crippen molar-refractivity contribution in [1.82, 2.24) is 0 Å². The van der Waals surface area contributed by atoms with Gasteiger partial charge in [-0.1, -0.05) is 30.4 Å². The highest BCUT2D eigenvalue weighted by Gasteiger charge is 2.52. The monoisotopic (exact) mass is 323 g/mol. The molecule has 1 N–H and O–H groups in total. The van der Waals surface area contributed by atoms with Crippen LogP contribution in [0.15, 0.2) is 42.5 Å². The SMILES string of the molecule is Cc1cc(C)cc(NC(=O)C2[C@H]3CC/C=C\CC/C=C\CC[C@H]23)c1. The summed E-state index contributed by atoms with van der Waals surface area (Å²) in [5.41, 5.74) is 3.34. The first kappa shape index (κ1) is 17.0. The van der Waals surface area contributed by atoms with Crippen LogP contribution in [0.1, 0.15) is 49.7 Å². The number of carbonyl (C=O) groups excluding carboxylic acids is 1. The van der Waals surface area contributed by atoms with E-state index < -0.39 is 0 Å². The number of benzene rings is 1. The molecule has 2 aliphatic carbocycles. The van der Waals surface area contributed by atoms with Crippen molar-refractivity contribution in [2.45, 2.75) is 52.4 Å². The van der Waals surface area contributed by atoms with E-state index in [2.05, 4.69) is 61.7 Å². The topological polar surface area (TPSA) is 29.1 Å². The summed E-state index contributed by atoms with van der Waals surface area (Å²) in [7, 11) is 0. The molecule has 1 aromatic carbocycles. The van der Waals surface area contributed by atoms with Crippen molar-refractivity contribution in [3.05, 3.63) is 53.6 Å². The number of hydrogen-bond acceptors (Lipinski definition) is 1. The van der Waals surface area contributed by atoms with Gasteiger partial charge >= 0.3 is 0 Å². The van der Waals surface area contributed by atoms with Gasteiger partial charge in [0.05, 0.1) is 0 Å². The Balaban J connectivity index is 1.64. The minimum atomic E-state index is 0.202. The minimum Gasteiger partial charge on any atom is -0.326 e. The number of hydrogen-bond donors (Lipinski definition) is 1. The standard InChI is InChI=1S/C22H29NO/c1-16-13-17(2)15-18(14-16)23-22(24)21-19-11-9-7-5-3-4-6-8-10-12-20(19)21/h5-8,13-15,19-21H,3-4,9-12H2,1-2H3,(H,23,24)/b7-5-,8-6-/t19-,20-/m0/s1. The van der Waals surface area contributed by atoms with Gasteiger partial charge < -0.3 is 5.32 Å². The molecule has 1 saturated carbocycles. The third-order valence-electron chi connectivity index (χ3n) is 5.29. The molecule has 0 saturated heterocycles. The third-order valence-corrected chi connectivity index (χ3v) is 5.29. The Hall–Kier alpha value is -1.83. The highest BCUT2D eigenvalue weighted by molar-refractivity contribution is 5.95. The van der Waals surface area contributed by atoms with Crippen LogP contribution in [-0.2, 0) is 4.79 Å². The second kappa shape index (κ2) is 7.83. The van der Waals surface area contributed by atoms with E-state index in [-0.39, 0.29) is 11.8 Å². The van der Waals surface area contributed by atoms with Gasteiger partial charge in [-0.15, -0.1) is 0 Å². The lowest BCUT2D eigenvalue weighted by atomic mass is 10.1. The summed E-state index contributed by atoms with van der Waals surface area (Å²) in [5.74, 6) is 1.55. The number of aryl methyl sites for hydroxylation is 2. The average Bonchev–Trinajstić information content (AvgIpc) is 3.18. The van der Waals surface area contributed by atoms with Crippen LogP contribution in [-0.4, -0.2) is 5.91 Å². The van der Waals surface area contributed by atoms with Gasteiger partial charge in [0.1, 0.15) is 0 Å². The zero-order valence-corrected chi connectivity index (χ0v) is 14.9. The van der Waals surface area contributed by atoms with E-state index in [0.717, 1.165) is 44.2 Å². The molecule has 2 atom stereocenters. The maximum Gasteiger partial charge on any atom is 0.228 e. The predicted molar refractivity (Wildman–Crippen MR) is 101 cm³/mol. The molecule has 128 valence electrons. The van der Waals surface area contributed by atoms with E-state index in [1.54, 1.807) is 0 Å². The fourth-order valence-electron chi connectivity index (χ4n) is 4.13. The molecular formula is C22H29NO. The van der Waals surface area contributed by atoms with Crippen molar-refractivity contribution in [3.63, 3.8) is 0 Å². The average molecular weight is 323 g/mol. The zero-order chi connectivity index (χ0) is 16.9. The highest BCUT2D eigenvalue weighted by atomic mass is 16.2. The number of nitrogens with one attached hydrogen (secondary N) is 1. The summed E-state index contributed by atoms with van der Waals surface area (Å²) in [6, 6.07) is 6.26. The lowest BCUT2D eigenvalue weighted by Crippen LogP contribution is -2.16. The summed E-state index contributed by atoms with van der Waals surface area (Å²) in [4.78, 5) is 12.7. The van der Waals surface area contributed by atoms with Gasteiger partial charge in [0.2, 0.25) is 5.91 Å². The predicted octanol–water partition coefficient (Wildman–Crippen LogP) is 5.57. The largest absolute Gasteiger partial charge is 0.326 e. The number of fused-ring (bicyclic) bond motifs is 1. The first-order chi connectivity index (χ1) is 11.6. The summed E-state index contributed by atoms with van der Waals surface area (Å²) in [5, 5.41) is 3.16. The molecule has 0 aromatic heterocycles. The van der Waals surface area contributed by atoms with Crippen molar-refractivity contribution < 1.29 is 4.79 Å². The Morgan fingerprint density at radius 1 is 0.833 bits per heavy atom. The molecule has 0 unspecified atom stereocenters. The molecule has 1 aromatic rings. The van der Waals surface area contributed by atoms with Crippen LogP contribution in [0.3, 0.4) is 0 Å². The van der Waals surface area contributed by atoms with Gasteiger partial charge in [-0.25, -0.2) is 0 Å². The zero-order valence-electron chi connectivity index (χ0n) is 14.9. The highest BCUT2D eigenvalue weighted by Crippen LogP contribution is 2.52. The van der Waals surface area contributed by atoms with E-state index in [0.29, 0.717) is 11.8 Å². The quantitative estimate of drug-likeness (QED) is 0.708. The Labute approximate surface area is 146 Å². The summed E-state index contributed by atoms with van der Waals surface area (Å²) < 4.78 is 0. The van der Waals surface area contributed by atoms with Crippen molar-refractivity contribution in [3.8, 4) is 0 Å². The number of anilines is 1. The van der Waals surface area contributed by atoms with Crippen LogP contribution in [0.2, 0.25) is 0 Å². The van der Waals surface area contributed by atoms with E-state index >= 15 is 0 Å². The van der Waals surface area contributed by atoms with Crippen LogP contribution in [0, 0.1) is 31.6 Å². The molecule has 1 amide bonds.